The van der Waals surface area contributed by atoms with Gasteiger partial charge in [0.15, 0.2) is 0 Å². The van der Waals surface area contributed by atoms with Gasteiger partial charge in [-0.3, -0.25) is 14.4 Å². The quantitative estimate of drug-likeness (QED) is 0.822. The first-order valence-corrected chi connectivity index (χ1v) is 9.95. The van der Waals surface area contributed by atoms with E-state index < -0.39 is 0 Å². The lowest BCUT2D eigenvalue weighted by atomic mass is 10.0. The standard InChI is InChI=1S/C21H27N3O3/c1-14(25)22-10-8-18(9-11-22)24(21(27)16-3-4-16)19-5-6-20-17(13-19)7-12-23(20)15(2)26/h5-6,13,16,18H,3-4,7-12H2,1-2H3. The van der Waals surface area contributed by atoms with Crippen molar-refractivity contribution in [2.75, 3.05) is 29.4 Å². The van der Waals surface area contributed by atoms with Crippen LogP contribution in [0.4, 0.5) is 11.4 Å². The van der Waals surface area contributed by atoms with E-state index in [0.717, 1.165) is 49.0 Å². The molecule has 0 unspecified atom stereocenters. The molecule has 0 radical (unpaired) electrons. The third-order valence-corrected chi connectivity index (χ3v) is 6.06. The number of carbonyl (C=O) groups is 3. The summed E-state index contributed by atoms with van der Waals surface area (Å²) in [5, 5.41) is 0. The number of carbonyl (C=O) groups excluding carboxylic acids is 3. The van der Waals surface area contributed by atoms with Gasteiger partial charge in [-0.1, -0.05) is 0 Å². The van der Waals surface area contributed by atoms with Gasteiger partial charge in [-0.15, -0.1) is 0 Å². The Morgan fingerprint density at radius 3 is 2.26 bits per heavy atom. The molecule has 0 atom stereocenters. The summed E-state index contributed by atoms with van der Waals surface area (Å²) in [7, 11) is 0. The summed E-state index contributed by atoms with van der Waals surface area (Å²) in [6, 6.07) is 6.20. The van der Waals surface area contributed by atoms with Crippen molar-refractivity contribution < 1.29 is 14.4 Å². The fraction of sp³-hybridized carbons (Fsp3) is 0.571. The third-order valence-electron chi connectivity index (χ3n) is 6.06. The molecule has 1 saturated carbocycles. The van der Waals surface area contributed by atoms with Gasteiger partial charge < -0.3 is 14.7 Å². The second-order valence-corrected chi connectivity index (χ2v) is 7.95. The highest BCUT2D eigenvalue weighted by atomic mass is 16.2. The zero-order chi connectivity index (χ0) is 19.1. The maximum absolute atomic E-state index is 13.1. The van der Waals surface area contributed by atoms with Crippen LogP contribution in [0.15, 0.2) is 18.2 Å². The molecule has 6 nitrogen and oxygen atoms in total. The SMILES string of the molecule is CC(=O)N1CCC(N(C(=O)C2CC2)c2ccc3c(c2)CCN3C(C)=O)CC1. The number of hydrogen-bond acceptors (Lipinski definition) is 3. The van der Waals surface area contributed by atoms with E-state index in [9.17, 15) is 14.4 Å². The zero-order valence-corrected chi connectivity index (χ0v) is 16.1. The highest BCUT2D eigenvalue weighted by Gasteiger charge is 2.38. The first kappa shape index (κ1) is 18.0. The lowest BCUT2D eigenvalue weighted by Crippen LogP contribution is -2.49. The number of amides is 3. The van der Waals surface area contributed by atoms with Crippen LogP contribution in [0, 0.1) is 5.92 Å². The van der Waals surface area contributed by atoms with Gasteiger partial charge in [0.2, 0.25) is 17.7 Å². The topological polar surface area (TPSA) is 60.9 Å². The van der Waals surface area contributed by atoms with Crippen LogP contribution in [0.2, 0.25) is 0 Å². The molecule has 1 aromatic rings. The summed E-state index contributed by atoms with van der Waals surface area (Å²) in [5.41, 5.74) is 3.05. The maximum Gasteiger partial charge on any atom is 0.230 e. The molecule has 2 aliphatic heterocycles. The number of piperidine rings is 1. The predicted molar refractivity (Wildman–Crippen MR) is 104 cm³/mol. The lowest BCUT2D eigenvalue weighted by Gasteiger charge is -2.38. The fourth-order valence-electron chi connectivity index (χ4n) is 4.35. The highest BCUT2D eigenvalue weighted by Crippen LogP contribution is 2.38. The van der Waals surface area contributed by atoms with Crippen LogP contribution in [0.3, 0.4) is 0 Å². The first-order valence-electron chi connectivity index (χ1n) is 9.95. The molecule has 27 heavy (non-hydrogen) atoms. The van der Waals surface area contributed by atoms with Crippen molar-refractivity contribution in [2.24, 2.45) is 5.92 Å². The smallest absolute Gasteiger partial charge is 0.230 e. The largest absolute Gasteiger partial charge is 0.343 e. The maximum atomic E-state index is 13.1. The van der Waals surface area contributed by atoms with Gasteiger partial charge in [0.05, 0.1) is 0 Å². The average Bonchev–Trinajstić information content (AvgIpc) is 3.41. The van der Waals surface area contributed by atoms with E-state index in [0.29, 0.717) is 19.6 Å². The van der Waals surface area contributed by atoms with Gasteiger partial charge in [-0.25, -0.2) is 0 Å². The Morgan fingerprint density at radius 1 is 0.963 bits per heavy atom. The fourth-order valence-corrected chi connectivity index (χ4v) is 4.35. The van der Waals surface area contributed by atoms with Gasteiger partial charge >= 0.3 is 0 Å². The minimum absolute atomic E-state index is 0.0593. The van der Waals surface area contributed by atoms with Crippen molar-refractivity contribution in [1.82, 2.24) is 4.90 Å². The normalized spacial score (nSPS) is 19.8. The molecule has 1 aromatic carbocycles. The molecule has 4 rings (SSSR count). The summed E-state index contributed by atoms with van der Waals surface area (Å²) in [6.45, 7) is 5.32. The molecular weight excluding hydrogens is 342 g/mol. The minimum atomic E-state index is 0.0593. The monoisotopic (exact) mass is 369 g/mol. The molecule has 2 fully saturated rings. The highest BCUT2D eigenvalue weighted by molar-refractivity contribution is 5.98. The second kappa shape index (κ2) is 6.98. The Bertz CT molecular complexity index is 779. The third kappa shape index (κ3) is 3.45. The molecular formula is C21H27N3O3. The van der Waals surface area contributed by atoms with Crippen LogP contribution in [0.5, 0.6) is 0 Å². The molecule has 2 heterocycles. The number of fused-ring (bicyclic) bond motifs is 1. The molecule has 0 spiro atoms. The first-order chi connectivity index (χ1) is 13.0. The van der Waals surface area contributed by atoms with E-state index in [1.54, 1.807) is 18.7 Å². The molecule has 144 valence electrons. The predicted octanol–water partition coefficient (Wildman–Crippen LogP) is 2.35. The average molecular weight is 369 g/mol. The molecule has 0 N–H and O–H groups in total. The summed E-state index contributed by atoms with van der Waals surface area (Å²) in [5.74, 6) is 0.537. The van der Waals surface area contributed by atoms with Crippen LogP contribution in [0.1, 0.15) is 45.1 Å². The van der Waals surface area contributed by atoms with E-state index in [1.165, 1.54) is 0 Å². The van der Waals surface area contributed by atoms with Crippen molar-refractivity contribution >= 4 is 29.1 Å². The molecule has 6 heteroatoms. The molecule has 3 aliphatic rings. The lowest BCUT2D eigenvalue weighted by molar-refractivity contribution is -0.129. The van der Waals surface area contributed by atoms with Crippen LogP contribution < -0.4 is 9.80 Å². The number of rotatable bonds is 3. The number of likely N-dealkylation sites (tertiary alicyclic amines) is 1. The molecule has 0 aromatic heterocycles. The van der Waals surface area contributed by atoms with E-state index in [1.807, 2.05) is 21.9 Å². The Hall–Kier alpha value is -2.37. The minimum Gasteiger partial charge on any atom is -0.343 e. The number of anilines is 2. The van der Waals surface area contributed by atoms with Gasteiger partial charge in [0, 0.05) is 56.8 Å². The van der Waals surface area contributed by atoms with E-state index in [2.05, 4.69) is 6.07 Å². The van der Waals surface area contributed by atoms with Gasteiger partial charge in [0.1, 0.15) is 0 Å². The summed E-state index contributed by atoms with van der Waals surface area (Å²) < 4.78 is 0. The van der Waals surface area contributed by atoms with Crippen LogP contribution in [-0.4, -0.2) is 48.3 Å². The van der Waals surface area contributed by atoms with Crippen LogP contribution in [-0.2, 0) is 20.8 Å². The van der Waals surface area contributed by atoms with E-state index in [4.69, 9.17) is 0 Å². The number of benzene rings is 1. The summed E-state index contributed by atoms with van der Waals surface area (Å²) in [6.07, 6.45) is 4.41. The van der Waals surface area contributed by atoms with Gasteiger partial charge in [-0.05, 0) is 55.9 Å². The van der Waals surface area contributed by atoms with Crippen LogP contribution in [0.25, 0.3) is 0 Å². The van der Waals surface area contributed by atoms with Gasteiger partial charge in [0.25, 0.3) is 0 Å². The molecule has 1 saturated heterocycles. The molecule has 1 aliphatic carbocycles. The van der Waals surface area contributed by atoms with Gasteiger partial charge in [-0.2, -0.15) is 0 Å². The second-order valence-electron chi connectivity index (χ2n) is 7.95. The van der Waals surface area contributed by atoms with Crippen molar-refractivity contribution in [3.05, 3.63) is 23.8 Å². The summed E-state index contributed by atoms with van der Waals surface area (Å²) in [4.78, 5) is 42.2. The molecule has 0 bridgehead atoms. The van der Waals surface area contributed by atoms with Crippen molar-refractivity contribution in [2.45, 2.75) is 52.0 Å². The Labute approximate surface area is 160 Å². The Kier molecular flexibility index (Phi) is 4.66. The zero-order valence-electron chi connectivity index (χ0n) is 16.1. The number of hydrogen-bond donors (Lipinski definition) is 0. The summed E-state index contributed by atoms with van der Waals surface area (Å²) >= 11 is 0. The molecule has 3 amide bonds. The van der Waals surface area contributed by atoms with E-state index >= 15 is 0 Å². The van der Waals surface area contributed by atoms with E-state index in [-0.39, 0.29) is 29.7 Å². The Morgan fingerprint density at radius 2 is 1.67 bits per heavy atom. The van der Waals surface area contributed by atoms with Crippen LogP contribution >= 0.6 is 0 Å². The van der Waals surface area contributed by atoms with Crippen molar-refractivity contribution in [3.8, 4) is 0 Å². The van der Waals surface area contributed by atoms with Crippen molar-refractivity contribution in [3.63, 3.8) is 0 Å². The van der Waals surface area contributed by atoms with Crippen molar-refractivity contribution in [1.29, 1.82) is 0 Å². The Balaban J connectivity index is 1.60. The number of nitrogens with zero attached hydrogens (tertiary/aromatic N) is 3.